The summed E-state index contributed by atoms with van der Waals surface area (Å²) in [6.45, 7) is -0.117. The van der Waals surface area contributed by atoms with Gasteiger partial charge in [-0.05, 0) is 12.1 Å². The van der Waals surface area contributed by atoms with Gasteiger partial charge in [-0.15, -0.1) is 16.4 Å². The van der Waals surface area contributed by atoms with Crippen LogP contribution in [0.1, 0.15) is 10.6 Å². The molecule has 2 aromatic heterocycles. The highest BCUT2D eigenvalue weighted by Gasteiger charge is 2.35. The maximum Gasteiger partial charge on any atom is 0.417 e. The number of hydrogen-bond donors (Lipinski definition) is 1. The van der Waals surface area contributed by atoms with Crippen LogP contribution in [0.5, 0.6) is 0 Å². The number of carbonyl (C=O) groups is 1. The van der Waals surface area contributed by atoms with Gasteiger partial charge in [0.1, 0.15) is 11.6 Å². The van der Waals surface area contributed by atoms with Crippen LogP contribution in [0, 0.1) is 5.95 Å². The van der Waals surface area contributed by atoms with Gasteiger partial charge in [0.25, 0.3) is 0 Å². The first-order valence-corrected chi connectivity index (χ1v) is 9.22. The number of ether oxygens (including phenoxy) is 1. The molecule has 2 N–H and O–H groups in total. The number of carbonyl (C=O) groups excluding carboxylic acids is 1. The molecule has 2 heterocycles. The molecule has 0 bridgehead atoms. The zero-order valence-electron chi connectivity index (χ0n) is 14.2. The zero-order chi connectivity index (χ0) is 20.5. The fraction of sp³-hybridized carbons (Fsp3) is 0.188. The summed E-state index contributed by atoms with van der Waals surface area (Å²) in [6, 6.07) is 3.62. The van der Waals surface area contributed by atoms with Gasteiger partial charge in [0.15, 0.2) is 0 Å². The van der Waals surface area contributed by atoms with Crippen molar-refractivity contribution < 1.29 is 27.1 Å². The van der Waals surface area contributed by atoms with Crippen LogP contribution in [-0.2, 0) is 24.6 Å². The first kappa shape index (κ1) is 20.1. The van der Waals surface area contributed by atoms with Crippen molar-refractivity contribution in [3.63, 3.8) is 0 Å². The molecular weight excluding hydrogens is 420 g/mol. The minimum absolute atomic E-state index is 0.117. The van der Waals surface area contributed by atoms with Crippen LogP contribution in [0.25, 0.3) is 11.1 Å². The number of aromatic nitrogens is 3. The number of aryl methyl sites for hydroxylation is 1. The molecule has 28 heavy (non-hydrogen) atoms. The van der Waals surface area contributed by atoms with Gasteiger partial charge in [0, 0.05) is 23.7 Å². The topological polar surface area (TPSA) is 83.0 Å². The second-order valence-electron chi connectivity index (χ2n) is 5.50. The van der Waals surface area contributed by atoms with Crippen molar-refractivity contribution in [2.75, 3.05) is 0 Å². The van der Waals surface area contributed by atoms with Crippen molar-refractivity contribution in [1.29, 1.82) is 0 Å². The second-order valence-corrected chi connectivity index (χ2v) is 7.98. The molecule has 0 fully saturated rings. The SMILES string of the molecule is Cn1cc(-c2ccc(Sc3cnc(COC(N)=O)s3)cc2C(F)(F)F)c(F)n1. The summed E-state index contributed by atoms with van der Waals surface area (Å²) < 4.78 is 60.8. The Morgan fingerprint density at radius 2 is 2.11 bits per heavy atom. The number of halogens is 4. The minimum atomic E-state index is -4.68. The van der Waals surface area contributed by atoms with Gasteiger partial charge in [-0.1, -0.05) is 17.8 Å². The smallest absolute Gasteiger partial charge is 0.417 e. The van der Waals surface area contributed by atoms with E-state index in [9.17, 15) is 22.4 Å². The Hall–Kier alpha value is -2.60. The molecule has 0 aliphatic heterocycles. The molecule has 0 spiro atoms. The van der Waals surface area contributed by atoms with Crippen LogP contribution in [-0.4, -0.2) is 20.9 Å². The van der Waals surface area contributed by atoms with Crippen LogP contribution >= 0.6 is 23.1 Å². The van der Waals surface area contributed by atoms with E-state index in [0.717, 1.165) is 33.8 Å². The molecule has 6 nitrogen and oxygen atoms in total. The molecule has 148 valence electrons. The zero-order valence-corrected chi connectivity index (χ0v) is 15.8. The molecule has 0 saturated heterocycles. The molecule has 1 aromatic carbocycles. The van der Waals surface area contributed by atoms with Crippen LogP contribution in [0.2, 0.25) is 0 Å². The molecule has 12 heteroatoms. The standard InChI is InChI=1S/C16H12F4N4O2S2/c1-24-6-10(14(17)23-24)9-3-2-8(4-11(9)16(18,19)20)27-13-5-22-12(28-13)7-26-15(21)25/h2-6H,7H2,1H3,(H2,21,25). The van der Waals surface area contributed by atoms with Gasteiger partial charge in [-0.2, -0.15) is 17.6 Å². The third-order valence-electron chi connectivity index (χ3n) is 3.46. The first-order chi connectivity index (χ1) is 13.1. The van der Waals surface area contributed by atoms with E-state index in [2.05, 4.69) is 14.8 Å². The average Bonchev–Trinajstić information content (AvgIpc) is 3.18. The first-order valence-electron chi connectivity index (χ1n) is 7.59. The fourth-order valence-corrected chi connectivity index (χ4v) is 4.31. The highest BCUT2D eigenvalue weighted by molar-refractivity contribution is 8.01. The number of benzene rings is 1. The van der Waals surface area contributed by atoms with E-state index in [1.165, 1.54) is 31.6 Å². The molecule has 0 saturated carbocycles. The molecule has 0 aliphatic rings. The number of rotatable bonds is 5. The lowest BCUT2D eigenvalue weighted by Crippen LogP contribution is -2.12. The van der Waals surface area contributed by atoms with Crippen molar-refractivity contribution in [3.05, 3.63) is 47.1 Å². The third-order valence-corrected chi connectivity index (χ3v) is 5.52. The normalized spacial score (nSPS) is 11.6. The second kappa shape index (κ2) is 7.80. The molecule has 1 amide bonds. The summed E-state index contributed by atoms with van der Waals surface area (Å²) >= 11 is 2.21. The Labute approximate surface area is 164 Å². The summed E-state index contributed by atoms with van der Waals surface area (Å²) in [5, 5.41) is 3.91. The number of hydrogen-bond acceptors (Lipinski definition) is 6. The molecule has 0 atom stereocenters. The number of nitrogens with two attached hydrogens (primary N) is 1. The number of amides is 1. The van der Waals surface area contributed by atoms with E-state index in [0.29, 0.717) is 14.1 Å². The Morgan fingerprint density at radius 3 is 2.71 bits per heavy atom. The summed E-state index contributed by atoms with van der Waals surface area (Å²) in [5.41, 5.74) is 3.39. The van der Waals surface area contributed by atoms with Crippen LogP contribution in [0.15, 0.2) is 39.7 Å². The summed E-state index contributed by atoms with van der Waals surface area (Å²) in [4.78, 5) is 14.9. The number of nitrogens with zero attached hydrogens (tertiary/aromatic N) is 3. The molecular formula is C16H12F4N4O2S2. The molecule has 3 aromatic rings. The lowest BCUT2D eigenvalue weighted by atomic mass is 10.0. The maximum absolute atomic E-state index is 13.9. The molecule has 0 aliphatic carbocycles. The predicted molar refractivity (Wildman–Crippen MR) is 94.2 cm³/mol. The molecule has 3 rings (SSSR count). The monoisotopic (exact) mass is 432 g/mol. The molecule has 0 radical (unpaired) electrons. The van der Waals surface area contributed by atoms with Gasteiger partial charge in [-0.25, -0.2) is 9.78 Å². The van der Waals surface area contributed by atoms with E-state index >= 15 is 0 Å². The lowest BCUT2D eigenvalue weighted by Gasteiger charge is -2.13. The van der Waals surface area contributed by atoms with E-state index in [1.54, 1.807) is 0 Å². The predicted octanol–water partition coefficient (Wildman–Crippen LogP) is 4.45. The van der Waals surface area contributed by atoms with E-state index < -0.39 is 23.8 Å². The Morgan fingerprint density at radius 1 is 1.36 bits per heavy atom. The Bertz CT molecular complexity index is 1020. The van der Waals surface area contributed by atoms with Gasteiger partial charge < -0.3 is 10.5 Å². The summed E-state index contributed by atoms with van der Waals surface area (Å²) in [6.07, 6.45) is -2.97. The average molecular weight is 432 g/mol. The third kappa shape index (κ3) is 4.62. The van der Waals surface area contributed by atoms with E-state index in [-0.39, 0.29) is 17.7 Å². The Kier molecular flexibility index (Phi) is 5.61. The van der Waals surface area contributed by atoms with E-state index in [1.807, 2.05) is 0 Å². The van der Waals surface area contributed by atoms with Crippen LogP contribution in [0.3, 0.4) is 0 Å². The van der Waals surface area contributed by atoms with Gasteiger partial charge >= 0.3 is 12.3 Å². The summed E-state index contributed by atoms with van der Waals surface area (Å²) in [5.74, 6) is -0.977. The van der Waals surface area contributed by atoms with Gasteiger partial charge in [-0.3, -0.25) is 4.68 Å². The van der Waals surface area contributed by atoms with Crippen LogP contribution in [0.4, 0.5) is 22.4 Å². The summed E-state index contributed by atoms with van der Waals surface area (Å²) in [7, 11) is 1.42. The van der Waals surface area contributed by atoms with Gasteiger partial charge in [0.05, 0.1) is 21.5 Å². The minimum Gasteiger partial charge on any atom is -0.442 e. The number of thiazole rings is 1. The maximum atomic E-state index is 13.9. The largest absolute Gasteiger partial charge is 0.442 e. The quantitative estimate of drug-likeness (QED) is 0.603. The van der Waals surface area contributed by atoms with Gasteiger partial charge in [0.2, 0.25) is 5.95 Å². The van der Waals surface area contributed by atoms with Crippen molar-refractivity contribution in [3.8, 4) is 11.1 Å². The van der Waals surface area contributed by atoms with Crippen LogP contribution < -0.4 is 5.73 Å². The van der Waals surface area contributed by atoms with E-state index in [4.69, 9.17) is 5.73 Å². The van der Waals surface area contributed by atoms with Crippen molar-refractivity contribution in [2.45, 2.75) is 21.9 Å². The fourth-order valence-electron chi connectivity index (χ4n) is 2.35. The molecule has 0 unspecified atom stereocenters. The highest BCUT2D eigenvalue weighted by atomic mass is 32.2. The van der Waals surface area contributed by atoms with Crippen molar-refractivity contribution in [2.24, 2.45) is 12.8 Å². The lowest BCUT2D eigenvalue weighted by molar-refractivity contribution is -0.137. The number of primary amides is 1. The van der Waals surface area contributed by atoms with Crippen molar-refractivity contribution in [1.82, 2.24) is 14.8 Å². The number of alkyl halides is 3. The van der Waals surface area contributed by atoms with Crippen molar-refractivity contribution >= 4 is 29.2 Å². The highest BCUT2D eigenvalue weighted by Crippen LogP contribution is 2.41. The Balaban J connectivity index is 1.89.